The fraction of sp³-hybridized carbons (Fsp3) is 1.00. The van der Waals surface area contributed by atoms with Gasteiger partial charge in [0.15, 0.2) is 0 Å². The second-order valence-corrected chi connectivity index (χ2v) is 15.1. The van der Waals surface area contributed by atoms with Crippen LogP contribution in [0, 0.1) is 5.41 Å². The van der Waals surface area contributed by atoms with Crippen LogP contribution in [0.5, 0.6) is 0 Å². The summed E-state index contributed by atoms with van der Waals surface area (Å²) in [5, 5.41) is 0. The van der Waals surface area contributed by atoms with Gasteiger partial charge in [-0.2, -0.15) is 0 Å². The van der Waals surface area contributed by atoms with Gasteiger partial charge in [-0.3, -0.25) is 0 Å². The van der Waals surface area contributed by atoms with E-state index >= 15 is 0 Å². The summed E-state index contributed by atoms with van der Waals surface area (Å²) in [6.45, 7) is 5.30. The summed E-state index contributed by atoms with van der Waals surface area (Å²) in [5.41, 5.74) is 5.53. The third kappa shape index (κ3) is 4.17. The van der Waals surface area contributed by atoms with Crippen LogP contribution >= 0.6 is 15.8 Å². The third-order valence-corrected chi connectivity index (χ3v) is 14.8. The van der Waals surface area contributed by atoms with E-state index in [0.29, 0.717) is 21.3 Å². The molecule has 4 unspecified atom stereocenters. The van der Waals surface area contributed by atoms with Gasteiger partial charge in [0.1, 0.15) is 0 Å². The number of hydrogen-bond acceptors (Lipinski definition) is 0. The first-order valence-corrected chi connectivity index (χ1v) is 14.0. The van der Waals surface area contributed by atoms with Crippen LogP contribution in [0.15, 0.2) is 0 Å². The zero-order chi connectivity index (χ0) is 15.9. The van der Waals surface area contributed by atoms with Crippen molar-refractivity contribution < 1.29 is 0 Å². The molecule has 0 aromatic rings. The highest BCUT2D eigenvalue weighted by Crippen LogP contribution is 2.75. The van der Waals surface area contributed by atoms with E-state index in [2.05, 4.69) is 13.8 Å². The molecule has 2 heterocycles. The molecule has 4 rings (SSSR count). The molecule has 23 heavy (non-hydrogen) atoms. The molecule has 2 aliphatic carbocycles. The van der Waals surface area contributed by atoms with Crippen LogP contribution in [0.2, 0.25) is 0 Å². The molecule has 0 nitrogen and oxygen atoms in total. The summed E-state index contributed by atoms with van der Waals surface area (Å²) in [4.78, 5) is 0. The molecule has 0 aromatic carbocycles. The molecule has 0 N–H and O–H groups in total. The number of fused-ring (bicyclic) bond motifs is 2. The topological polar surface area (TPSA) is 0 Å². The van der Waals surface area contributed by atoms with Crippen LogP contribution in [-0.2, 0) is 0 Å². The minimum atomic E-state index is 0.438. The quantitative estimate of drug-likeness (QED) is 0.470. The maximum absolute atomic E-state index is 2.65. The van der Waals surface area contributed by atoms with Crippen molar-refractivity contribution in [1.29, 1.82) is 0 Å². The smallest absolute Gasteiger partial charge is 0.0138 e. The fourth-order valence-electron chi connectivity index (χ4n) is 5.85. The van der Waals surface area contributed by atoms with E-state index in [0.717, 1.165) is 0 Å². The normalized spacial score (nSPS) is 44.1. The monoisotopic (exact) mass is 352 g/mol. The standard InChI is InChI=1S/C21H38P2/c1-21(2,15-22-17-11-7-3-4-8-12-18(17)22)16-23-19-13-9-5-6-10-14-20(19)23/h17-20H,3-16H2,1-2H3. The van der Waals surface area contributed by atoms with Crippen LogP contribution < -0.4 is 0 Å². The highest BCUT2D eigenvalue weighted by atomic mass is 31.1. The Morgan fingerprint density at radius 1 is 0.565 bits per heavy atom. The van der Waals surface area contributed by atoms with Crippen molar-refractivity contribution in [3.63, 3.8) is 0 Å². The molecular formula is C21H38P2. The van der Waals surface area contributed by atoms with Gasteiger partial charge in [-0.1, -0.05) is 81.1 Å². The van der Waals surface area contributed by atoms with Crippen LogP contribution in [0.1, 0.15) is 90.9 Å². The van der Waals surface area contributed by atoms with Crippen molar-refractivity contribution in [2.24, 2.45) is 5.41 Å². The summed E-state index contributed by atoms with van der Waals surface area (Å²) in [6.07, 6.45) is 22.0. The molecule has 0 amide bonds. The van der Waals surface area contributed by atoms with Crippen molar-refractivity contribution in [3.05, 3.63) is 0 Å². The highest BCUT2D eigenvalue weighted by molar-refractivity contribution is 7.68. The van der Waals surface area contributed by atoms with Gasteiger partial charge in [0.2, 0.25) is 0 Å². The molecule has 0 radical (unpaired) electrons. The van der Waals surface area contributed by atoms with Crippen LogP contribution in [0.25, 0.3) is 0 Å². The first-order chi connectivity index (χ1) is 11.2. The summed E-state index contributed by atoms with van der Waals surface area (Å²) < 4.78 is 0. The molecule has 2 saturated heterocycles. The second kappa shape index (κ2) is 7.23. The summed E-state index contributed by atoms with van der Waals surface area (Å²) in [7, 11) is 0.877. The zero-order valence-corrected chi connectivity index (χ0v) is 17.4. The molecular weight excluding hydrogens is 314 g/mol. The number of rotatable bonds is 4. The van der Waals surface area contributed by atoms with Gasteiger partial charge in [-0.25, -0.2) is 0 Å². The molecule has 2 saturated carbocycles. The molecule has 2 aliphatic heterocycles. The van der Waals surface area contributed by atoms with E-state index in [-0.39, 0.29) is 0 Å². The SMILES string of the molecule is CC(C)(CP1C2CCCCCCC21)CP1C2CCCCCCC21. The van der Waals surface area contributed by atoms with Gasteiger partial charge >= 0.3 is 0 Å². The molecule has 2 heteroatoms. The van der Waals surface area contributed by atoms with E-state index in [9.17, 15) is 0 Å². The molecule has 0 bridgehead atoms. The molecule has 4 atom stereocenters. The van der Waals surface area contributed by atoms with Crippen LogP contribution in [-0.4, -0.2) is 35.0 Å². The Labute approximate surface area is 147 Å². The minimum absolute atomic E-state index is 0.438. The van der Waals surface area contributed by atoms with Gasteiger partial charge in [0, 0.05) is 0 Å². The average molecular weight is 352 g/mol. The van der Waals surface area contributed by atoms with Gasteiger partial charge in [0.05, 0.1) is 0 Å². The Morgan fingerprint density at radius 3 is 1.17 bits per heavy atom. The largest absolute Gasteiger partial charge is 0.0985 e. The zero-order valence-electron chi connectivity index (χ0n) is 15.6. The van der Waals surface area contributed by atoms with Gasteiger partial charge in [0.25, 0.3) is 0 Å². The van der Waals surface area contributed by atoms with Gasteiger partial charge < -0.3 is 0 Å². The Bertz CT molecular complexity index is 341. The van der Waals surface area contributed by atoms with Crippen molar-refractivity contribution >= 4 is 15.8 Å². The summed E-state index contributed by atoms with van der Waals surface area (Å²) >= 11 is 0. The fourth-order valence-corrected chi connectivity index (χ4v) is 14.0. The molecule has 0 spiro atoms. The van der Waals surface area contributed by atoms with E-state index in [1.165, 1.54) is 48.3 Å². The van der Waals surface area contributed by atoms with Gasteiger partial charge in [-0.15, -0.1) is 0 Å². The minimum Gasteiger partial charge on any atom is -0.0985 e. The van der Waals surface area contributed by atoms with Crippen LogP contribution in [0.3, 0.4) is 0 Å². The van der Waals surface area contributed by atoms with Crippen molar-refractivity contribution in [2.75, 3.05) is 12.3 Å². The molecule has 4 aliphatic rings. The average Bonchev–Trinajstić information content (AvgIpc) is 3.25. The van der Waals surface area contributed by atoms with Crippen molar-refractivity contribution in [3.8, 4) is 0 Å². The second-order valence-electron chi connectivity index (χ2n) is 9.76. The predicted octanol–water partition coefficient (Wildman–Crippen LogP) is 7.19. The Balaban J connectivity index is 1.29. The van der Waals surface area contributed by atoms with Crippen LogP contribution in [0.4, 0.5) is 0 Å². The third-order valence-electron chi connectivity index (χ3n) is 7.13. The Hall–Kier alpha value is 0.860. The lowest BCUT2D eigenvalue weighted by atomic mass is 10.00. The lowest BCUT2D eigenvalue weighted by Crippen LogP contribution is -2.18. The molecule has 4 fully saturated rings. The highest BCUT2D eigenvalue weighted by Gasteiger charge is 2.53. The Morgan fingerprint density at radius 2 is 0.870 bits per heavy atom. The maximum Gasteiger partial charge on any atom is -0.0138 e. The lowest BCUT2D eigenvalue weighted by molar-refractivity contribution is 0.487. The van der Waals surface area contributed by atoms with Gasteiger partial charge in [-0.05, 0) is 66.1 Å². The van der Waals surface area contributed by atoms with E-state index in [1.54, 1.807) is 63.7 Å². The first-order valence-electron chi connectivity index (χ1n) is 10.7. The predicted molar refractivity (Wildman–Crippen MR) is 108 cm³/mol. The summed E-state index contributed by atoms with van der Waals surface area (Å²) in [5.74, 6) is 0. The van der Waals surface area contributed by atoms with E-state index in [1.807, 2.05) is 0 Å². The first kappa shape index (κ1) is 17.3. The van der Waals surface area contributed by atoms with Crippen molar-refractivity contribution in [1.82, 2.24) is 0 Å². The summed E-state index contributed by atoms with van der Waals surface area (Å²) in [6, 6.07) is 0. The number of hydrogen-bond donors (Lipinski definition) is 0. The van der Waals surface area contributed by atoms with E-state index < -0.39 is 0 Å². The Kier molecular flexibility index (Phi) is 5.44. The lowest BCUT2D eigenvalue weighted by Gasteiger charge is -2.25. The maximum atomic E-state index is 2.65. The van der Waals surface area contributed by atoms with E-state index in [4.69, 9.17) is 0 Å². The molecule has 132 valence electrons. The van der Waals surface area contributed by atoms with Crippen molar-refractivity contribution in [2.45, 2.75) is 114 Å². The molecule has 0 aromatic heterocycles.